The molecular weight excluding hydrogens is 248 g/mol. The van der Waals surface area contributed by atoms with Crippen molar-refractivity contribution in [1.82, 2.24) is 14.5 Å². The highest BCUT2D eigenvalue weighted by Crippen LogP contribution is 2.30. The van der Waals surface area contributed by atoms with Crippen molar-refractivity contribution in [2.24, 2.45) is 0 Å². The Morgan fingerprint density at radius 1 is 1.05 bits per heavy atom. The van der Waals surface area contributed by atoms with Crippen molar-refractivity contribution >= 4 is 16.7 Å². The molecule has 3 aromatic rings. The molecule has 0 saturated carbocycles. The highest BCUT2D eigenvalue weighted by atomic mass is 15.1. The number of imidazole rings is 1. The molecule has 20 heavy (non-hydrogen) atoms. The molecule has 0 spiro atoms. The Balaban J connectivity index is 2.32. The summed E-state index contributed by atoms with van der Waals surface area (Å²) in [7, 11) is 0. The van der Waals surface area contributed by atoms with Crippen LogP contribution in [0.15, 0.2) is 42.7 Å². The van der Waals surface area contributed by atoms with Crippen molar-refractivity contribution in [2.75, 3.05) is 5.73 Å². The molecule has 4 nitrogen and oxygen atoms in total. The molecule has 102 valence electrons. The van der Waals surface area contributed by atoms with Crippen molar-refractivity contribution in [3.63, 3.8) is 0 Å². The van der Waals surface area contributed by atoms with Crippen LogP contribution in [-0.2, 0) is 5.54 Å². The maximum atomic E-state index is 5.77. The van der Waals surface area contributed by atoms with Gasteiger partial charge in [0.2, 0.25) is 0 Å². The lowest BCUT2D eigenvalue weighted by Gasteiger charge is -2.24. The van der Waals surface area contributed by atoms with Gasteiger partial charge >= 0.3 is 0 Å². The predicted octanol–water partition coefficient (Wildman–Crippen LogP) is 3.44. The fourth-order valence-corrected chi connectivity index (χ4v) is 2.44. The second-order valence-corrected chi connectivity index (χ2v) is 5.93. The first-order valence-electron chi connectivity index (χ1n) is 6.66. The third-order valence-electron chi connectivity index (χ3n) is 3.30. The number of fused-ring (bicyclic) bond motifs is 1. The molecule has 2 aromatic heterocycles. The van der Waals surface area contributed by atoms with Gasteiger partial charge in [-0.2, -0.15) is 0 Å². The monoisotopic (exact) mass is 266 g/mol. The summed E-state index contributed by atoms with van der Waals surface area (Å²) in [5, 5.41) is 0. The van der Waals surface area contributed by atoms with Crippen molar-refractivity contribution < 1.29 is 0 Å². The number of nitrogens with two attached hydrogens (primary N) is 1. The van der Waals surface area contributed by atoms with Crippen LogP contribution in [0.4, 0.5) is 5.69 Å². The molecule has 0 fully saturated rings. The van der Waals surface area contributed by atoms with Gasteiger partial charge in [0, 0.05) is 23.0 Å². The van der Waals surface area contributed by atoms with Gasteiger partial charge in [0.1, 0.15) is 11.3 Å². The number of aromatic nitrogens is 3. The van der Waals surface area contributed by atoms with E-state index in [1.165, 1.54) is 0 Å². The minimum Gasteiger partial charge on any atom is -0.399 e. The van der Waals surface area contributed by atoms with Crippen LogP contribution in [-0.4, -0.2) is 14.5 Å². The first-order chi connectivity index (χ1) is 9.47. The second-order valence-electron chi connectivity index (χ2n) is 5.93. The molecule has 0 aliphatic rings. The molecule has 3 rings (SSSR count). The molecule has 0 unspecified atom stereocenters. The molecule has 0 atom stereocenters. The van der Waals surface area contributed by atoms with E-state index in [1.54, 1.807) is 12.4 Å². The van der Waals surface area contributed by atoms with Crippen LogP contribution in [0.25, 0.3) is 22.4 Å². The van der Waals surface area contributed by atoms with Crippen LogP contribution in [0.1, 0.15) is 20.8 Å². The zero-order valence-corrected chi connectivity index (χ0v) is 12.0. The average molecular weight is 266 g/mol. The molecule has 0 aliphatic heterocycles. The second kappa shape index (κ2) is 4.34. The molecular formula is C16H18N4. The van der Waals surface area contributed by atoms with E-state index >= 15 is 0 Å². The summed E-state index contributed by atoms with van der Waals surface area (Å²) in [4.78, 5) is 8.90. The summed E-state index contributed by atoms with van der Waals surface area (Å²) >= 11 is 0. The van der Waals surface area contributed by atoms with Crippen molar-refractivity contribution in [2.45, 2.75) is 26.3 Å². The molecule has 0 bridgehead atoms. The molecule has 1 aromatic carbocycles. The van der Waals surface area contributed by atoms with Crippen LogP contribution < -0.4 is 5.73 Å². The Bertz CT molecular complexity index is 748. The van der Waals surface area contributed by atoms with E-state index in [0.717, 1.165) is 28.1 Å². The normalized spacial score (nSPS) is 11.9. The summed E-state index contributed by atoms with van der Waals surface area (Å²) in [6.07, 6.45) is 3.61. The molecule has 2 N–H and O–H groups in total. The number of rotatable bonds is 1. The number of nitrogens with zero attached hydrogens (tertiary/aromatic N) is 3. The maximum Gasteiger partial charge on any atom is 0.141 e. The van der Waals surface area contributed by atoms with E-state index < -0.39 is 0 Å². The van der Waals surface area contributed by atoms with Gasteiger partial charge in [-0.1, -0.05) is 0 Å². The number of anilines is 1. The molecule has 0 aliphatic carbocycles. The minimum absolute atomic E-state index is 0.0627. The van der Waals surface area contributed by atoms with Gasteiger partial charge in [-0.25, -0.2) is 4.98 Å². The Labute approximate surface area is 118 Å². The van der Waals surface area contributed by atoms with Crippen LogP contribution in [0.5, 0.6) is 0 Å². The minimum atomic E-state index is -0.0627. The van der Waals surface area contributed by atoms with Gasteiger partial charge < -0.3 is 10.3 Å². The van der Waals surface area contributed by atoms with Crippen LogP contribution in [0, 0.1) is 0 Å². The average Bonchev–Trinajstić information content (AvgIpc) is 2.78. The Kier molecular flexibility index (Phi) is 2.74. The van der Waals surface area contributed by atoms with Gasteiger partial charge in [-0.05, 0) is 51.1 Å². The van der Waals surface area contributed by atoms with E-state index in [0.29, 0.717) is 0 Å². The lowest BCUT2D eigenvalue weighted by atomic mass is 10.1. The van der Waals surface area contributed by atoms with Crippen LogP contribution >= 0.6 is 0 Å². The van der Waals surface area contributed by atoms with Crippen LogP contribution in [0.3, 0.4) is 0 Å². The van der Waals surface area contributed by atoms with E-state index in [1.807, 2.05) is 30.3 Å². The zero-order valence-electron chi connectivity index (χ0n) is 12.0. The third-order valence-corrected chi connectivity index (χ3v) is 3.30. The molecule has 4 heteroatoms. The fraction of sp³-hybridized carbons (Fsp3) is 0.250. The van der Waals surface area contributed by atoms with E-state index in [2.05, 4.69) is 30.3 Å². The van der Waals surface area contributed by atoms with Gasteiger partial charge in [0.15, 0.2) is 0 Å². The highest BCUT2D eigenvalue weighted by molar-refractivity contribution is 5.80. The quantitative estimate of drug-likeness (QED) is 0.686. The SMILES string of the molecule is CC(C)(C)n1c(-c2ccc(N)cc2)nc2cnccc21. The van der Waals surface area contributed by atoms with Gasteiger partial charge in [0.25, 0.3) is 0 Å². The van der Waals surface area contributed by atoms with Gasteiger partial charge in [0.05, 0.1) is 11.7 Å². The topological polar surface area (TPSA) is 56.7 Å². The maximum absolute atomic E-state index is 5.77. The smallest absolute Gasteiger partial charge is 0.141 e. The van der Waals surface area contributed by atoms with Crippen molar-refractivity contribution in [3.8, 4) is 11.4 Å². The predicted molar refractivity (Wildman–Crippen MR) is 82.4 cm³/mol. The standard InChI is InChI=1S/C16H18N4/c1-16(2,3)20-14-8-9-18-10-13(14)19-15(20)11-4-6-12(17)7-5-11/h4-10H,17H2,1-3H3. The Morgan fingerprint density at radius 2 is 1.75 bits per heavy atom. The first-order valence-corrected chi connectivity index (χ1v) is 6.66. The summed E-state index contributed by atoms with van der Waals surface area (Å²) in [5.41, 5.74) is 9.53. The molecule has 0 saturated heterocycles. The van der Waals surface area contributed by atoms with Gasteiger partial charge in [-0.15, -0.1) is 0 Å². The summed E-state index contributed by atoms with van der Waals surface area (Å²) in [5.74, 6) is 0.945. The molecule has 0 radical (unpaired) electrons. The van der Waals surface area contributed by atoms with Crippen LogP contribution in [0.2, 0.25) is 0 Å². The zero-order chi connectivity index (χ0) is 14.3. The lowest BCUT2D eigenvalue weighted by molar-refractivity contribution is 0.413. The fourth-order valence-electron chi connectivity index (χ4n) is 2.44. The lowest BCUT2D eigenvalue weighted by Crippen LogP contribution is -2.22. The Morgan fingerprint density at radius 3 is 2.40 bits per heavy atom. The number of benzene rings is 1. The largest absolute Gasteiger partial charge is 0.399 e. The molecule has 0 amide bonds. The summed E-state index contributed by atoms with van der Waals surface area (Å²) in [6, 6.07) is 9.83. The highest BCUT2D eigenvalue weighted by Gasteiger charge is 2.22. The first kappa shape index (κ1) is 12.7. The van der Waals surface area contributed by atoms with Crippen molar-refractivity contribution in [3.05, 3.63) is 42.7 Å². The number of hydrogen-bond acceptors (Lipinski definition) is 3. The van der Waals surface area contributed by atoms with Crippen molar-refractivity contribution in [1.29, 1.82) is 0 Å². The van der Waals surface area contributed by atoms with Gasteiger partial charge in [-0.3, -0.25) is 4.98 Å². The summed E-state index contributed by atoms with van der Waals surface area (Å²) < 4.78 is 2.25. The number of pyridine rings is 1. The summed E-state index contributed by atoms with van der Waals surface area (Å²) in [6.45, 7) is 6.53. The third kappa shape index (κ3) is 2.03. The van der Waals surface area contributed by atoms with E-state index in [4.69, 9.17) is 10.7 Å². The molecule has 2 heterocycles. The number of hydrogen-bond donors (Lipinski definition) is 1. The Hall–Kier alpha value is -2.36. The van der Waals surface area contributed by atoms with E-state index in [-0.39, 0.29) is 5.54 Å². The number of nitrogen functional groups attached to an aromatic ring is 1. The van der Waals surface area contributed by atoms with E-state index in [9.17, 15) is 0 Å².